The number of carbonyl (C=O) groups is 1. The van der Waals surface area contributed by atoms with Crippen LogP contribution in [0.15, 0.2) is 28.1 Å². The van der Waals surface area contributed by atoms with Crippen LogP contribution in [0.4, 0.5) is 5.69 Å². The van der Waals surface area contributed by atoms with Gasteiger partial charge in [-0.15, -0.1) is 6.58 Å². The number of primary amides is 1. The van der Waals surface area contributed by atoms with E-state index in [1.807, 2.05) is 0 Å². The first-order valence-corrected chi connectivity index (χ1v) is 6.24. The van der Waals surface area contributed by atoms with Gasteiger partial charge in [0, 0.05) is 13.0 Å². The van der Waals surface area contributed by atoms with Gasteiger partial charge in [0.1, 0.15) is 4.47 Å². The molecule has 98 valence electrons. The van der Waals surface area contributed by atoms with Gasteiger partial charge in [0.05, 0.1) is 18.4 Å². The fourth-order valence-electron chi connectivity index (χ4n) is 1.33. The molecule has 0 aromatic carbocycles. The van der Waals surface area contributed by atoms with Crippen LogP contribution in [0.5, 0.6) is 0 Å². The van der Waals surface area contributed by atoms with Crippen molar-refractivity contribution in [1.82, 2.24) is 9.78 Å². The summed E-state index contributed by atoms with van der Waals surface area (Å²) in [6.45, 7) is 4.46. The number of amides is 1. The summed E-state index contributed by atoms with van der Waals surface area (Å²) < 4.78 is 1.71. The first kappa shape index (κ1) is 14.4. The van der Waals surface area contributed by atoms with Gasteiger partial charge in [-0.25, -0.2) is 4.68 Å². The summed E-state index contributed by atoms with van der Waals surface area (Å²) in [5.74, 6) is -0.338. The topological polar surface area (TPSA) is 90.0 Å². The molecule has 0 saturated heterocycles. The van der Waals surface area contributed by atoms with Crippen LogP contribution in [-0.4, -0.2) is 22.2 Å². The van der Waals surface area contributed by atoms with Crippen LogP contribution < -0.4 is 16.6 Å². The highest BCUT2D eigenvalue weighted by Gasteiger charge is 2.07. The Bertz CT molecular complexity index is 498. The van der Waals surface area contributed by atoms with Crippen LogP contribution in [0, 0.1) is 0 Å². The quantitative estimate of drug-likeness (QED) is 0.577. The minimum Gasteiger partial charge on any atom is -0.383 e. The van der Waals surface area contributed by atoms with E-state index in [0.717, 1.165) is 0 Å². The SMILES string of the molecule is C=CCn1ncc(NCCCC(N)=O)c(Br)c1=O. The van der Waals surface area contributed by atoms with Crippen LogP contribution in [0.1, 0.15) is 12.8 Å². The van der Waals surface area contributed by atoms with Crippen molar-refractivity contribution < 1.29 is 4.79 Å². The van der Waals surface area contributed by atoms with Crippen molar-refractivity contribution in [2.75, 3.05) is 11.9 Å². The van der Waals surface area contributed by atoms with Gasteiger partial charge in [0.25, 0.3) is 5.56 Å². The molecule has 1 rings (SSSR count). The molecule has 1 heterocycles. The second-order valence-electron chi connectivity index (χ2n) is 3.64. The molecule has 0 radical (unpaired) electrons. The van der Waals surface area contributed by atoms with Gasteiger partial charge in [-0.05, 0) is 22.4 Å². The average Bonchev–Trinajstić information content (AvgIpc) is 2.33. The molecule has 6 nitrogen and oxygen atoms in total. The van der Waals surface area contributed by atoms with E-state index in [0.29, 0.717) is 36.1 Å². The van der Waals surface area contributed by atoms with Crippen molar-refractivity contribution in [1.29, 1.82) is 0 Å². The lowest BCUT2D eigenvalue weighted by Gasteiger charge is -2.09. The van der Waals surface area contributed by atoms with E-state index in [2.05, 4.69) is 32.9 Å². The number of anilines is 1. The molecule has 7 heteroatoms. The normalized spacial score (nSPS) is 10.1. The van der Waals surface area contributed by atoms with Crippen LogP contribution >= 0.6 is 15.9 Å². The number of rotatable bonds is 7. The lowest BCUT2D eigenvalue weighted by atomic mass is 10.3. The largest absolute Gasteiger partial charge is 0.383 e. The number of carbonyl (C=O) groups excluding carboxylic acids is 1. The van der Waals surface area contributed by atoms with Crippen molar-refractivity contribution in [3.63, 3.8) is 0 Å². The third-order valence-electron chi connectivity index (χ3n) is 2.20. The second-order valence-corrected chi connectivity index (χ2v) is 4.44. The lowest BCUT2D eigenvalue weighted by molar-refractivity contribution is -0.118. The Hall–Kier alpha value is -1.63. The van der Waals surface area contributed by atoms with Gasteiger partial charge in [-0.3, -0.25) is 9.59 Å². The zero-order valence-electron chi connectivity index (χ0n) is 9.86. The summed E-state index contributed by atoms with van der Waals surface area (Å²) in [4.78, 5) is 22.4. The van der Waals surface area contributed by atoms with Gasteiger partial charge < -0.3 is 11.1 Å². The van der Waals surface area contributed by atoms with E-state index < -0.39 is 0 Å². The monoisotopic (exact) mass is 314 g/mol. The Labute approximate surface area is 113 Å². The second kappa shape index (κ2) is 6.95. The lowest BCUT2D eigenvalue weighted by Crippen LogP contribution is -2.24. The molecule has 0 aliphatic carbocycles. The first-order valence-electron chi connectivity index (χ1n) is 5.45. The minimum absolute atomic E-state index is 0.227. The van der Waals surface area contributed by atoms with E-state index in [4.69, 9.17) is 5.73 Å². The molecule has 0 spiro atoms. The number of aromatic nitrogens is 2. The first-order chi connectivity index (χ1) is 8.56. The van der Waals surface area contributed by atoms with Gasteiger partial charge in [-0.2, -0.15) is 5.10 Å². The number of hydrogen-bond acceptors (Lipinski definition) is 4. The van der Waals surface area contributed by atoms with Crippen molar-refractivity contribution in [2.24, 2.45) is 5.73 Å². The van der Waals surface area contributed by atoms with Crippen molar-refractivity contribution in [2.45, 2.75) is 19.4 Å². The minimum atomic E-state index is -0.338. The smallest absolute Gasteiger partial charge is 0.283 e. The summed E-state index contributed by atoms with van der Waals surface area (Å²) in [5, 5.41) is 7.01. The van der Waals surface area contributed by atoms with Gasteiger partial charge in [0.15, 0.2) is 0 Å². The van der Waals surface area contributed by atoms with Gasteiger partial charge >= 0.3 is 0 Å². The molecule has 1 amide bonds. The molecule has 1 aromatic heterocycles. The predicted molar refractivity (Wildman–Crippen MR) is 73.3 cm³/mol. The highest BCUT2D eigenvalue weighted by molar-refractivity contribution is 9.10. The van der Waals surface area contributed by atoms with Crippen molar-refractivity contribution >= 4 is 27.5 Å². The summed E-state index contributed by atoms with van der Waals surface area (Å²) in [6, 6.07) is 0. The molecule has 0 bridgehead atoms. The molecule has 3 N–H and O–H groups in total. The molecule has 1 aromatic rings. The van der Waals surface area contributed by atoms with Gasteiger partial charge in [-0.1, -0.05) is 6.08 Å². The predicted octanol–water partition coefficient (Wildman–Crippen LogP) is 0.869. The molecule has 0 aliphatic heterocycles. The fourth-order valence-corrected chi connectivity index (χ4v) is 1.77. The highest BCUT2D eigenvalue weighted by atomic mass is 79.9. The standard InChI is InChI=1S/C11H15BrN4O2/c1-2-6-16-11(18)10(12)8(7-15-16)14-5-3-4-9(13)17/h2,7,14H,1,3-6H2,(H2,13,17). The Balaban J connectivity index is 2.67. The Morgan fingerprint density at radius 2 is 2.39 bits per heavy atom. The molecule has 0 unspecified atom stereocenters. The maximum absolute atomic E-state index is 11.8. The maximum Gasteiger partial charge on any atom is 0.283 e. The van der Waals surface area contributed by atoms with Crippen molar-refractivity contribution in [3.05, 3.63) is 33.7 Å². The molecule has 0 fully saturated rings. The van der Waals surface area contributed by atoms with Crippen LogP contribution in [0.25, 0.3) is 0 Å². The summed E-state index contributed by atoms with van der Waals surface area (Å²) in [7, 11) is 0. The Morgan fingerprint density at radius 3 is 3.00 bits per heavy atom. The molecule has 0 atom stereocenters. The van der Waals surface area contributed by atoms with Crippen LogP contribution in [-0.2, 0) is 11.3 Å². The summed E-state index contributed by atoms with van der Waals surface area (Å²) in [5.41, 5.74) is 5.40. The third-order valence-corrected chi connectivity index (χ3v) is 2.97. The van der Waals surface area contributed by atoms with Gasteiger partial charge in [0.2, 0.25) is 5.91 Å². The van der Waals surface area contributed by atoms with Crippen LogP contribution in [0.3, 0.4) is 0 Å². The molecular formula is C11H15BrN4O2. The highest BCUT2D eigenvalue weighted by Crippen LogP contribution is 2.15. The van der Waals surface area contributed by atoms with E-state index in [9.17, 15) is 9.59 Å². The zero-order chi connectivity index (χ0) is 13.5. The molecular weight excluding hydrogens is 300 g/mol. The summed E-state index contributed by atoms with van der Waals surface area (Å²) >= 11 is 3.22. The number of nitrogens with two attached hydrogens (primary N) is 1. The number of nitrogens with zero attached hydrogens (tertiary/aromatic N) is 2. The van der Waals surface area contributed by atoms with E-state index in [-0.39, 0.29) is 11.5 Å². The number of allylic oxidation sites excluding steroid dienone is 1. The molecule has 18 heavy (non-hydrogen) atoms. The maximum atomic E-state index is 11.8. The number of halogens is 1. The Morgan fingerprint density at radius 1 is 1.67 bits per heavy atom. The van der Waals surface area contributed by atoms with E-state index in [1.165, 1.54) is 4.68 Å². The Kier molecular flexibility index (Phi) is 5.57. The van der Waals surface area contributed by atoms with E-state index >= 15 is 0 Å². The van der Waals surface area contributed by atoms with Crippen molar-refractivity contribution in [3.8, 4) is 0 Å². The summed E-state index contributed by atoms with van der Waals surface area (Å²) in [6.07, 6.45) is 4.07. The zero-order valence-corrected chi connectivity index (χ0v) is 11.4. The molecule has 0 aliphatic rings. The third kappa shape index (κ3) is 3.99. The van der Waals surface area contributed by atoms with Crippen LogP contribution in [0.2, 0.25) is 0 Å². The van der Waals surface area contributed by atoms with E-state index in [1.54, 1.807) is 12.3 Å². The number of nitrogens with one attached hydrogen (secondary N) is 1. The number of hydrogen-bond donors (Lipinski definition) is 2. The average molecular weight is 315 g/mol. The molecule has 0 saturated carbocycles. The fraction of sp³-hybridized carbons (Fsp3) is 0.364.